The highest BCUT2D eigenvalue weighted by Crippen LogP contribution is 2.31. The van der Waals surface area contributed by atoms with Crippen molar-refractivity contribution in [1.29, 1.82) is 0 Å². The summed E-state index contributed by atoms with van der Waals surface area (Å²) in [5.74, 6) is 0. The summed E-state index contributed by atoms with van der Waals surface area (Å²) in [7, 11) is 0. The Kier molecular flexibility index (Phi) is 3.76. The number of hydrogen-bond acceptors (Lipinski definition) is 0. The summed E-state index contributed by atoms with van der Waals surface area (Å²) in [6.07, 6.45) is -5.11. The van der Waals surface area contributed by atoms with E-state index in [9.17, 15) is 13.2 Å². The van der Waals surface area contributed by atoms with Crippen molar-refractivity contribution in [2.45, 2.75) is 12.6 Å². The summed E-state index contributed by atoms with van der Waals surface area (Å²) in [5.41, 5.74) is 1.69. The predicted molar refractivity (Wildman–Crippen MR) is 69.3 cm³/mol. The lowest BCUT2D eigenvalue weighted by Crippen LogP contribution is -2.12. The second kappa shape index (κ2) is 5.14. The van der Waals surface area contributed by atoms with E-state index < -0.39 is 12.6 Å². The fourth-order valence-electron chi connectivity index (χ4n) is 1.81. The molecule has 0 aliphatic rings. The van der Waals surface area contributed by atoms with Crippen LogP contribution in [0.4, 0.5) is 13.2 Å². The summed E-state index contributed by atoms with van der Waals surface area (Å²) in [6.45, 7) is 0. The standard InChI is InChI=1S/C14H10BrF3/c15-12-7-6-11(9-14(16,17)18)13(8-12)10-4-2-1-3-5-10/h1-8H,9H2. The third-order valence-corrected chi connectivity index (χ3v) is 3.04. The second-order valence-electron chi connectivity index (χ2n) is 3.96. The Morgan fingerprint density at radius 3 is 2.22 bits per heavy atom. The van der Waals surface area contributed by atoms with Crippen LogP contribution in [0.25, 0.3) is 11.1 Å². The number of benzene rings is 2. The minimum atomic E-state index is -4.20. The molecule has 2 aromatic rings. The van der Waals surface area contributed by atoms with E-state index in [4.69, 9.17) is 0 Å². The van der Waals surface area contributed by atoms with Gasteiger partial charge in [0.15, 0.2) is 0 Å². The van der Waals surface area contributed by atoms with Crippen LogP contribution in [0, 0.1) is 0 Å². The number of hydrogen-bond donors (Lipinski definition) is 0. The molecule has 0 saturated carbocycles. The fourth-order valence-corrected chi connectivity index (χ4v) is 2.17. The molecule has 0 bridgehead atoms. The van der Waals surface area contributed by atoms with Crippen molar-refractivity contribution in [3.8, 4) is 11.1 Å². The Bertz CT molecular complexity index is 532. The maximum Gasteiger partial charge on any atom is 0.393 e. The average Bonchev–Trinajstić information content (AvgIpc) is 2.31. The molecule has 0 fully saturated rings. The first-order valence-corrected chi connectivity index (χ1v) is 6.15. The molecule has 18 heavy (non-hydrogen) atoms. The third kappa shape index (κ3) is 3.35. The number of rotatable bonds is 2. The first-order chi connectivity index (χ1) is 8.46. The quantitative estimate of drug-likeness (QED) is 0.712. The molecule has 0 N–H and O–H groups in total. The molecule has 0 aliphatic heterocycles. The zero-order chi connectivity index (χ0) is 13.2. The zero-order valence-electron chi connectivity index (χ0n) is 9.34. The summed E-state index contributed by atoms with van der Waals surface area (Å²) < 4.78 is 38.3. The highest BCUT2D eigenvalue weighted by Gasteiger charge is 2.28. The van der Waals surface area contributed by atoms with Gasteiger partial charge in [-0.05, 0) is 28.8 Å². The van der Waals surface area contributed by atoms with Crippen molar-refractivity contribution in [1.82, 2.24) is 0 Å². The molecule has 0 spiro atoms. The molecule has 0 aliphatic carbocycles. The van der Waals surface area contributed by atoms with Gasteiger partial charge in [-0.25, -0.2) is 0 Å². The monoisotopic (exact) mass is 314 g/mol. The van der Waals surface area contributed by atoms with E-state index in [1.165, 1.54) is 6.07 Å². The lowest BCUT2D eigenvalue weighted by molar-refractivity contribution is -0.127. The first-order valence-electron chi connectivity index (χ1n) is 5.36. The van der Waals surface area contributed by atoms with Gasteiger partial charge in [-0.1, -0.05) is 52.3 Å². The summed E-state index contributed by atoms with van der Waals surface area (Å²) in [4.78, 5) is 0. The molecule has 2 rings (SSSR count). The van der Waals surface area contributed by atoms with Gasteiger partial charge in [0.05, 0.1) is 6.42 Å². The van der Waals surface area contributed by atoms with E-state index in [0.29, 0.717) is 5.56 Å². The SMILES string of the molecule is FC(F)(F)Cc1ccc(Br)cc1-c1ccccc1. The Balaban J connectivity index is 2.48. The van der Waals surface area contributed by atoms with Gasteiger partial charge in [0.25, 0.3) is 0 Å². The maximum atomic E-state index is 12.5. The molecule has 0 saturated heterocycles. The molecule has 0 radical (unpaired) electrons. The topological polar surface area (TPSA) is 0 Å². The van der Waals surface area contributed by atoms with Crippen molar-refractivity contribution in [3.63, 3.8) is 0 Å². The van der Waals surface area contributed by atoms with Crippen LogP contribution in [-0.2, 0) is 6.42 Å². The number of alkyl halides is 3. The van der Waals surface area contributed by atoms with E-state index in [-0.39, 0.29) is 5.56 Å². The zero-order valence-corrected chi connectivity index (χ0v) is 10.9. The minimum absolute atomic E-state index is 0.289. The minimum Gasteiger partial charge on any atom is -0.171 e. The molecule has 4 heteroatoms. The Labute approximate surface area is 112 Å². The van der Waals surface area contributed by atoms with E-state index in [2.05, 4.69) is 15.9 Å². The van der Waals surface area contributed by atoms with Crippen molar-refractivity contribution in [2.24, 2.45) is 0 Å². The second-order valence-corrected chi connectivity index (χ2v) is 4.88. The Hall–Kier alpha value is -1.29. The normalized spacial score (nSPS) is 11.6. The fraction of sp³-hybridized carbons (Fsp3) is 0.143. The number of halogens is 4. The van der Waals surface area contributed by atoms with Gasteiger partial charge in [0.1, 0.15) is 0 Å². The van der Waals surface area contributed by atoms with Crippen molar-refractivity contribution < 1.29 is 13.2 Å². The summed E-state index contributed by atoms with van der Waals surface area (Å²) >= 11 is 3.29. The predicted octanol–water partition coefficient (Wildman–Crippen LogP) is 5.22. The molecule has 0 unspecified atom stereocenters. The highest BCUT2D eigenvalue weighted by atomic mass is 79.9. The molecule has 94 valence electrons. The molecule has 0 heterocycles. The van der Waals surface area contributed by atoms with Crippen LogP contribution >= 0.6 is 15.9 Å². The molecule has 0 atom stereocenters. The van der Waals surface area contributed by atoms with Crippen molar-refractivity contribution in [3.05, 3.63) is 58.6 Å². The summed E-state index contributed by atoms with van der Waals surface area (Å²) in [6, 6.07) is 13.9. The van der Waals surface area contributed by atoms with Crippen molar-refractivity contribution >= 4 is 15.9 Å². The molecule has 0 amide bonds. The van der Waals surface area contributed by atoms with Crippen LogP contribution in [0.15, 0.2) is 53.0 Å². The highest BCUT2D eigenvalue weighted by molar-refractivity contribution is 9.10. The molecule has 0 aromatic heterocycles. The Morgan fingerprint density at radius 2 is 1.61 bits per heavy atom. The van der Waals surface area contributed by atoms with Crippen molar-refractivity contribution in [2.75, 3.05) is 0 Å². The smallest absolute Gasteiger partial charge is 0.171 e. The van der Waals surface area contributed by atoms with Gasteiger partial charge in [-0.2, -0.15) is 13.2 Å². The largest absolute Gasteiger partial charge is 0.393 e. The average molecular weight is 315 g/mol. The van der Waals surface area contributed by atoms with E-state index >= 15 is 0 Å². The summed E-state index contributed by atoms with van der Waals surface area (Å²) in [5, 5.41) is 0. The van der Waals surface area contributed by atoms with E-state index in [1.54, 1.807) is 12.1 Å². The Morgan fingerprint density at radius 1 is 0.944 bits per heavy atom. The van der Waals surface area contributed by atoms with E-state index in [0.717, 1.165) is 10.0 Å². The van der Waals surface area contributed by atoms with Gasteiger partial charge in [-0.3, -0.25) is 0 Å². The van der Waals surface area contributed by atoms with Gasteiger partial charge in [0.2, 0.25) is 0 Å². The molecular weight excluding hydrogens is 305 g/mol. The van der Waals surface area contributed by atoms with Gasteiger partial charge < -0.3 is 0 Å². The molecule has 0 nitrogen and oxygen atoms in total. The molecular formula is C14H10BrF3. The lowest BCUT2D eigenvalue weighted by atomic mass is 9.98. The maximum absolute atomic E-state index is 12.5. The van der Waals surface area contributed by atoms with Crippen LogP contribution in [0.3, 0.4) is 0 Å². The van der Waals surface area contributed by atoms with Crippen LogP contribution in [-0.4, -0.2) is 6.18 Å². The molecule has 2 aromatic carbocycles. The van der Waals surface area contributed by atoms with Gasteiger partial charge in [0, 0.05) is 4.47 Å². The van der Waals surface area contributed by atoms with E-state index in [1.807, 2.05) is 30.3 Å². The van der Waals surface area contributed by atoms with Gasteiger partial charge >= 0.3 is 6.18 Å². The first kappa shape index (κ1) is 13.1. The lowest BCUT2D eigenvalue weighted by Gasteiger charge is -2.12. The van der Waals surface area contributed by atoms with Crippen LogP contribution in [0.5, 0.6) is 0 Å². The van der Waals surface area contributed by atoms with Crippen LogP contribution in [0.1, 0.15) is 5.56 Å². The van der Waals surface area contributed by atoms with Crippen LogP contribution < -0.4 is 0 Å². The third-order valence-electron chi connectivity index (χ3n) is 2.55. The van der Waals surface area contributed by atoms with Crippen LogP contribution in [0.2, 0.25) is 0 Å². The van der Waals surface area contributed by atoms with Gasteiger partial charge in [-0.15, -0.1) is 0 Å².